The molecule has 2 aromatic heterocycles. The van der Waals surface area contributed by atoms with Crippen molar-refractivity contribution in [1.29, 1.82) is 0 Å². The molecule has 0 radical (unpaired) electrons. The summed E-state index contributed by atoms with van der Waals surface area (Å²) in [4.78, 5) is 18.1. The van der Waals surface area contributed by atoms with Crippen LogP contribution in [0.3, 0.4) is 0 Å². The molecule has 1 saturated heterocycles. The third kappa shape index (κ3) is 3.47. The molecule has 3 atom stereocenters. The van der Waals surface area contributed by atoms with Crippen LogP contribution < -0.4 is 5.73 Å². The van der Waals surface area contributed by atoms with Gasteiger partial charge in [0.2, 0.25) is 0 Å². The molecule has 8 heteroatoms. The summed E-state index contributed by atoms with van der Waals surface area (Å²) in [6, 6.07) is 5.69. The number of carbonyl (C=O) groups is 1. The predicted octanol–water partition coefficient (Wildman–Crippen LogP) is 2.36. The van der Waals surface area contributed by atoms with Crippen molar-refractivity contribution in [3.8, 4) is 0 Å². The Morgan fingerprint density at radius 1 is 1.33 bits per heavy atom. The summed E-state index contributed by atoms with van der Waals surface area (Å²) in [6.07, 6.45) is 6.72. The SMILES string of the molecule is COC1(c2ccnc(C(N)=O)c2)[C@@H]2CCC[C@H]1CN(Cc1ccno1)C2.Cl. The summed E-state index contributed by atoms with van der Waals surface area (Å²) in [5.41, 5.74) is 6.35. The lowest BCUT2D eigenvalue weighted by Crippen LogP contribution is -2.58. The molecule has 7 nitrogen and oxygen atoms in total. The largest absolute Gasteiger partial charge is 0.373 e. The molecule has 146 valence electrons. The minimum Gasteiger partial charge on any atom is -0.373 e. The van der Waals surface area contributed by atoms with Crippen LogP contribution in [0.2, 0.25) is 0 Å². The van der Waals surface area contributed by atoms with E-state index in [1.807, 2.05) is 18.2 Å². The highest BCUT2D eigenvalue weighted by Gasteiger charge is 2.53. The first-order valence-corrected chi connectivity index (χ1v) is 9.07. The zero-order valence-electron chi connectivity index (χ0n) is 15.3. The molecule has 2 N–H and O–H groups in total. The third-order valence-corrected chi connectivity index (χ3v) is 5.95. The second-order valence-electron chi connectivity index (χ2n) is 7.29. The summed E-state index contributed by atoms with van der Waals surface area (Å²) in [6.45, 7) is 2.59. The van der Waals surface area contributed by atoms with Gasteiger partial charge in [0.25, 0.3) is 5.91 Å². The molecule has 0 spiro atoms. The summed E-state index contributed by atoms with van der Waals surface area (Å²) in [7, 11) is 1.78. The van der Waals surface area contributed by atoms with Crippen molar-refractivity contribution in [2.24, 2.45) is 17.6 Å². The van der Waals surface area contributed by atoms with Gasteiger partial charge in [-0.25, -0.2) is 0 Å². The number of likely N-dealkylation sites (tertiary alicyclic amines) is 1. The van der Waals surface area contributed by atoms with E-state index in [4.69, 9.17) is 15.0 Å². The fraction of sp³-hybridized carbons (Fsp3) is 0.526. The third-order valence-electron chi connectivity index (χ3n) is 5.95. The minimum absolute atomic E-state index is 0. The number of fused-ring (bicyclic) bond motifs is 2. The molecule has 1 aliphatic heterocycles. The van der Waals surface area contributed by atoms with E-state index in [-0.39, 0.29) is 12.4 Å². The minimum atomic E-state index is -0.508. The van der Waals surface area contributed by atoms with E-state index in [0.29, 0.717) is 17.5 Å². The maximum absolute atomic E-state index is 11.6. The van der Waals surface area contributed by atoms with Crippen molar-refractivity contribution >= 4 is 18.3 Å². The Labute approximate surface area is 164 Å². The van der Waals surface area contributed by atoms with Crippen LogP contribution in [0.4, 0.5) is 0 Å². The number of hydrogen-bond acceptors (Lipinski definition) is 6. The molecular weight excluding hydrogens is 368 g/mol. The molecule has 1 aliphatic carbocycles. The number of rotatable bonds is 5. The number of carbonyl (C=O) groups excluding carboxylic acids is 1. The van der Waals surface area contributed by atoms with Crippen LogP contribution in [0, 0.1) is 11.8 Å². The van der Waals surface area contributed by atoms with Crippen LogP contribution >= 0.6 is 12.4 Å². The fourth-order valence-electron chi connectivity index (χ4n) is 4.93. The average Bonchev–Trinajstić information content (AvgIpc) is 3.14. The summed E-state index contributed by atoms with van der Waals surface area (Å²) in [5.74, 6) is 1.05. The number of primary amides is 1. The highest BCUT2D eigenvalue weighted by molar-refractivity contribution is 5.90. The van der Waals surface area contributed by atoms with Crippen LogP contribution in [0.5, 0.6) is 0 Å². The lowest BCUT2D eigenvalue weighted by Gasteiger charge is -2.55. The molecule has 2 fully saturated rings. The highest BCUT2D eigenvalue weighted by atomic mass is 35.5. The van der Waals surface area contributed by atoms with Gasteiger partial charge in [-0.1, -0.05) is 11.6 Å². The average molecular weight is 393 g/mol. The van der Waals surface area contributed by atoms with E-state index in [0.717, 1.165) is 43.8 Å². The van der Waals surface area contributed by atoms with Crippen molar-refractivity contribution in [3.05, 3.63) is 47.6 Å². The van der Waals surface area contributed by atoms with E-state index in [1.165, 1.54) is 6.42 Å². The Morgan fingerprint density at radius 3 is 2.67 bits per heavy atom. The second-order valence-corrected chi connectivity index (χ2v) is 7.29. The predicted molar refractivity (Wildman–Crippen MR) is 101 cm³/mol. The van der Waals surface area contributed by atoms with Crippen LogP contribution in [0.15, 0.2) is 35.1 Å². The molecule has 1 amide bonds. The van der Waals surface area contributed by atoms with Crippen LogP contribution in [-0.2, 0) is 16.9 Å². The number of ether oxygens (including phenoxy) is 1. The van der Waals surface area contributed by atoms with Crippen LogP contribution in [0.1, 0.15) is 41.1 Å². The molecule has 1 saturated carbocycles. The Hall–Kier alpha value is -1.96. The smallest absolute Gasteiger partial charge is 0.267 e. The van der Waals surface area contributed by atoms with E-state index >= 15 is 0 Å². The van der Waals surface area contributed by atoms with Gasteiger partial charge in [0.15, 0.2) is 5.76 Å². The van der Waals surface area contributed by atoms with Gasteiger partial charge < -0.3 is 15.0 Å². The van der Waals surface area contributed by atoms with E-state index in [2.05, 4.69) is 15.0 Å². The monoisotopic (exact) mass is 392 g/mol. The Balaban J connectivity index is 0.00000210. The molecule has 4 rings (SSSR count). The quantitative estimate of drug-likeness (QED) is 0.839. The number of aromatic nitrogens is 2. The number of piperidine rings is 1. The summed E-state index contributed by atoms with van der Waals surface area (Å²) >= 11 is 0. The van der Waals surface area contributed by atoms with Crippen LogP contribution in [0.25, 0.3) is 0 Å². The van der Waals surface area contributed by atoms with Gasteiger partial charge in [0.05, 0.1) is 12.7 Å². The number of methoxy groups -OCH3 is 1. The van der Waals surface area contributed by atoms with Crippen molar-refractivity contribution in [2.45, 2.75) is 31.4 Å². The van der Waals surface area contributed by atoms with Gasteiger partial charge in [-0.15, -0.1) is 12.4 Å². The topological polar surface area (TPSA) is 94.5 Å². The molecule has 0 aromatic carbocycles. The lowest BCUT2D eigenvalue weighted by atomic mass is 9.62. The van der Waals surface area contributed by atoms with Crippen molar-refractivity contribution in [1.82, 2.24) is 15.0 Å². The Kier molecular flexibility index (Phi) is 5.83. The number of amides is 1. The van der Waals surface area contributed by atoms with Gasteiger partial charge in [0, 0.05) is 44.3 Å². The first kappa shape index (κ1) is 19.8. The number of nitrogens with zero attached hydrogens (tertiary/aromatic N) is 3. The molecule has 2 bridgehead atoms. The highest BCUT2D eigenvalue weighted by Crippen LogP contribution is 2.51. The van der Waals surface area contributed by atoms with Crippen molar-refractivity contribution in [3.63, 3.8) is 0 Å². The number of hydrogen-bond donors (Lipinski definition) is 1. The maximum Gasteiger partial charge on any atom is 0.267 e. The number of halogens is 1. The summed E-state index contributed by atoms with van der Waals surface area (Å²) in [5, 5.41) is 3.80. The molecule has 2 aromatic rings. The van der Waals surface area contributed by atoms with Gasteiger partial charge >= 0.3 is 0 Å². The van der Waals surface area contributed by atoms with Gasteiger partial charge in [0.1, 0.15) is 11.3 Å². The summed E-state index contributed by atoms with van der Waals surface area (Å²) < 4.78 is 11.5. The molecular formula is C19H25ClN4O3. The zero-order valence-corrected chi connectivity index (χ0v) is 16.2. The fourth-order valence-corrected chi connectivity index (χ4v) is 4.93. The van der Waals surface area contributed by atoms with Crippen molar-refractivity contribution in [2.75, 3.05) is 20.2 Å². The first-order valence-electron chi connectivity index (χ1n) is 9.07. The van der Waals surface area contributed by atoms with Crippen LogP contribution in [-0.4, -0.2) is 41.1 Å². The number of pyridine rings is 1. The van der Waals surface area contributed by atoms with E-state index in [1.54, 1.807) is 19.5 Å². The first-order chi connectivity index (χ1) is 12.6. The molecule has 2 aliphatic rings. The van der Waals surface area contributed by atoms with E-state index < -0.39 is 11.5 Å². The Morgan fingerprint density at radius 2 is 2.07 bits per heavy atom. The second kappa shape index (κ2) is 7.96. The molecule has 27 heavy (non-hydrogen) atoms. The molecule has 1 unspecified atom stereocenters. The van der Waals surface area contributed by atoms with Gasteiger partial charge in [-0.3, -0.25) is 14.7 Å². The van der Waals surface area contributed by atoms with E-state index in [9.17, 15) is 4.79 Å². The van der Waals surface area contributed by atoms with Gasteiger partial charge in [-0.2, -0.15) is 0 Å². The molecule has 3 heterocycles. The van der Waals surface area contributed by atoms with Gasteiger partial charge in [-0.05, 0) is 30.5 Å². The lowest BCUT2D eigenvalue weighted by molar-refractivity contribution is -0.170. The standard InChI is InChI=1S/C19H24N4O3.ClH/c1-25-19(13-5-7-21-17(9-13)18(20)24)14-3-2-4-15(19)11-23(10-14)12-16-6-8-22-26-16;/h5-9,14-15H,2-4,10-12H2,1H3,(H2,20,24);1H/t14-,15+,19?;. The number of nitrogens with two attached hydrogens (primary N) is 1. The Bertz CT molecular complexity index is 769. The maximum atomic E-state index is 11.6. The normalized spacial score (nSPS) is 27.7. The zero-order chi connectivity index (χ0) is 18.1. The van der Waals surface area contributed by atoms with Crippen molar-refractivity contribution < 1.29 is 14.1 Å².